The maximum Gasteiger partial charge on any atom is 0.219 e. The normalized spacial score (nSPS) is 10.9. The standard InChI is InChI=1S/C14H16N2O2S/c1-3-9-16(10-4-2)19(17,18)12-14-8-6-5-7-13(14)11-15/h1,5-8H,4,9-10,12H2,2H3. The number of nitrogens with zero attached hydrogens (tertiary/aromatic N) is 2. The molecule has 0 aliphatic heterocycles. The number of terminal acetylenes is 1. The molecule has 0 N–H and O–H groups in total. The van der Waals surface area contributed by atoms with Crippen LogP contribution < -0.4 is 0 Å². The molecule has 0 unspecified atom stereocenters. The lowest BCUT2D eigenvalue weighted by atomic mass is 10.1. The average Bonchev–Trinajstić information content (AvgIpc) is 2.38. The third-order valence-electron chi connectivity index (χ3n) is 2.61. The first kappa shape index (κ1) is 15.2. The van der Waals surface area contributed by atoms with E-state index < -0.39 is 10.0 Å². The summed E-state index contributed by atoms with van der Waals surface area (Å²) in [6.45, 7) is 2.34. The van der Waals surface area contributed by atoms with Gasteiger partial charge >= 0.3 is 0 Å². The van der Waals surface area contributed by atoms with Gasteiger partial charge in [0, 0.05) is 6.54 Å². The SMILES string of the molecule is C#CCN(CCC)S(=O)(=O)Cc1ccccc1C#N. The summed E-state index contributed by atoms with van der Waals surface area (Å²) in [6.07, 6.45) is 5.89. The molecular weight excluding hydrogens is 260 g/mol. The van der Waals surface area contributed by atoms with Crippen LogP contribution in [0.15, 0.2) is 24.3 Å². The van der Waals surface area contributed by atoms with E-state index in [-0.39, 0.29) is 12.3 Å². The molecule has 0 amide bonds. The maximum atomic E-state index is 12.3. The minimum atomic E-state index is -3.49. The number of benzene rings is 1. The summed E-state index contributed by atoms with van der Waals surface area (Å²) >= 11 is 0. The third kappa shape index (κ3) is 4.10. The molecule has 1 aromatic carbocycles. The van der Waals surface area contributed by atoms with E-state index in [4.69, 9.17) is 11.7 Å². The monoisotopic (exact) mass is 276 g/mol. The van der Waals surface area contributed by atoms with E-state index >= 15 is 0 Å². The molecule has 0 atom stereocenters. The zero-order valence-electron chi connectivity index (χ0n) is 10.8. The molecule has 4 nitrogen and oxygen atoms in total. The van der Waals surface area contributed by atoms with Gasteiger partial charge < -0.3 is 0 Å². The highest BCUT2D eigenvalue weighted by atomic mass is 32.2. The van der Waals surface area contributed by atoms with Crippen molar-refractivity contribution in [2.24, 2.45) is 0 Å². The van der Waals surface area contributed by atoms with Gasteiger partial charge in [0.2, 0.25) is 10.0 Å². The molecule has 19 heavy (non-hydrogen) atoms. The van der Waals surface area contributed by atoms with Crippen molar-refractivity contribution in [1.82, 2.24) is 4.31 Å². The van der Waals surface area contributed by atoms with Gasteiger partial charge in [0.25, 0.3) is 0 Å². The molecule has 100 valence electrons. The van der Waals surface area contributed by atoms with Crippen LogP contribution in [-0.2, 0) is 15.8 Å². The number of rotatable bonds is 6. The van der Waals surface area contributed by atoms with Gasteiger partial charge in [-0.1, -0.05) is 31.0 Å². The second-order valence-corrected chi connectivity index (χ2v) is 6.03. The molecule has 0 radical (unpaired) electrons. The Morgan fingerprint density at radius 2 is 2.05 bits per heavy atom. The summed E-state index contributed by atoms with van der Waals surface area (Å²) in [5, 5.41) is 8.97. The molecule has 1 aromatic rings. The summed E-state index contributed by atoms with van der Waals surface area (Å²) in [4.78, 5) is 0. The number of hydrogen-bond acceptors (Lipinski definition) is 3. The molecule has 5 heteroatoms. The Balaban J connectivity index is 3.02. The van der Waals surface area contributed by atoms with Crippen LogP contribution in [0.5, 0.6) is 0 Å². The van der Waals surface area contributed by atoms with Crippen molar-refractivity contribution >= 4 is 10.0 Å². The first-order valence-electron chi connectivity index (χ1n) is 5.94. The van der Waals surface area contributed by atoms with Crippen LogP contribution >= 0.6 is 0 Å². The van der Waals surface area contributed by atoms with Crippen LogP contribution in [0.25, 0.3) is 0 Å². The average molecular weight is 276 g/mol. The quantitative estimate of drug-likeness (QED) is 0.743. The molecule has 0 bridgehead atoms. The molecule has 0 saturated carbocycles. The molecule has 0 spiro atoms. The van der Waals surface area contributed by atoms with Crippen LogP contribution in [0.4, 0.5) is 0 Å². The molecule has 0 heterocycles. The lowest BCUT2D eigenvalue weighted by Gasteiger charge is -2.19. The maximum absolute atomic E-state index is 12.3. The molecule has 0 saturated heterocycles. The largest absolute Gasteiger partial charge is 0.219 e. The number of sulfonamides is 1. The van der Waals surface area contributed by atoms with Gasteiger partial charge in [0.1, 0.15) is 0 Å². The van der Waals surface area contributed by atoms with Gasteiger partial charge in [0.15, 0.2) is 0 Å². The minimum absolute atomic E-state index is 0.0604. The van der Waals surface area contributed by atoms with E-state index in [2.05, 4.69) is 5.92 Å². The lowest BCUT2D eigenvalue weighted by Crippen LogP contribution is -2.33. The minimum Gasteiger partial charge on any atom is -0.212 e. The van der Waals surface area contributed by atoms with Crippen molar-refractivity contribution < 1.29 is 8.42 Å². The highest BCUT2D eigenvalue weighted by molar-refractivity contribution is 7.88. The van der Waals surface area contributed by atoms with Gasteiger partial charge in [-0.15, -0.1) is 6.42 Å². The van der Waals surface area contributed by atoms with E-state index in [0.717, 1.165) is 0 Å². The van der Waals surface area contributed by atoms with E-state index in [1.54, 1.807) is 24.3 Å². The topological polar surface area (TPSA) is 61.2 Å². The Hall–Kier alpha value is -1.82. The van der Waals surface area contributed by atoms with E-state index in [0.29, 0.717) is 24.1 Å². The number of nitriles is 1. The predicted octanol–water partition coefficient (Wildman–Crippen LogP) is 1.73. The van der Waals surface area contributed by atoms with Gasteiger partial charge in [0.05, 0.1) is 23.9 Å². The predicted molar refractivity (Wildman–Crippen MR) is 74.5 cm³/mol. The molecule has 0 fully saturated rings. The Morgan fingerprint density at radius 3 is 2.63 bits per heavy atom. The van der Waals surface area contributed by atoms with Crippen molar-refractivity contribution in [2.45, 2.75) is 19.1 Å². The molecule has 0 aliphatic rings. The second kappa shape index (κ2) is 6.94. The van der Waals surface area contributed by atoms with Crippen LogP contribution in [0, 0.1) is 23.7 Å². The number of hydrogen-bond donors (Lipinski definition) is 0. The zero-order valence-corrected chi connectivity index (χ0v) is 11.7. The summed E-state index contributed by atoms with van der Waals surface area (Å²) in [5.41, 5.74) is 0.881. The van der Waals surface area contributed by atoms with Gasteiger partial charge in [-0.25, -0.2) is 8.42 Å². The van der Waals surface area contributed by atoms with Crippen LogP contribution in [0.1, 0.15) is 24.5 Å². The van der Waals surface area contributed by atoms with Crippen molar-refractivity contribution in [3.63, 3.8) is 0 Å². The first-order chi connectivity index (χ1) is 9.05. The molecular formula is C14H16N2O2S. The van der Waals surface area contributed by atoms with Gasteiger partial charge in [-0.05, 0) is 18.1 Å². The highest BCUT2D eigenvalue weighted by Gasteiger charge is 2.22. The fourth-order valence-electron chi connectivity index (χ4n) is 1.71. The van der Waals surface area contributed by atoms with Crippen molar-refractivity contribution in [3.8, 4) is 18.4 Å². The van der Waals surface area contributed by atoms with E-state index in [1.807, 2.05) is 13.0 Å². The summed E-state index contributed by atoms with van der Waals surface area (Å²) < 4.78 is 25.8. The fraction of sp³-hybridized carbons (Fsp3) is 0.357. The van der Waals surface area contributed by atoms with E-state index in [9.17, 15) is 8.42 Å². The summed E-state index contributed by atoms with van der Waals surface area (Å²) in [6, 6.07) is 8.68. The Morgan fingerprint density at radius 1 is 1.37 bits per heavy atom. The summed E-state index contributed by atoms with van der Waals surface area (Å²) in [5.74, 6) is 2.16. The molecule has 0 aliphatic carbocycles. The smallest absolute Gasteiger partial charge is 0.212 e. The lowest BCUT2D eigenvalue weighted by molar-refractivity contribution is 0.445. The Bertz CT molecular complexity index is 609. The van der Waals surface area contributed by atoms with Crippen LogP contribution in [0.3, 0.4) is 0 Å². The molecule has 1 rings (SSSR count). The highest BCUT2D eigenvalue weighted by Crippen LogP contribution is 2.14. The second-order valence-electron chi connectivity index (χ2n) is 4.06. The Kier molecular flexibility index (Phi) is 5.57. The zero-order chi connectivity index (χ0) is 14.3. The van der Waals surface area contributed by atoms with Crippen LogP contribution in [0.2, 0.25) is 0 Å². The van der Waals surface area contributed by atoms with Crippen molar-refractivity contribution in [1.29, 1.82) is 5.26 Å². The van der Waals surface area contributed by atoms with Crippen molar-refractivity contribution in [3.05, 3.63) is 35.4 Å². The van der Waals surface area contributed by atoms with Gasteiger partial charge in [-0.2, -0.15) is 9.57 Å². The third-order valence-corrected chi connectivity index (χ3v) is 4.38. The van der Waals surface area contributed by atoms with Crippen LogP contribution in [-0.4, -0.2) is 25.8 Å². The Labute approximate surface area is 114 Å². The van der Waals surface area contributed by atoms with Crippen molar-refractivity contribution in [2.75, 3.05) is 13.1 Å². The first-order valence-corrected chi connectivity index (χ1v) is 7.55. The van der Waals surface area contributed by atoms with Gasteiger partial charge in [-0.3, -0.25) is 0 Å². The molecule has 0 aromatic heterocycles. The summed E-state index contributed by atoms with van der Waals surface area (Å²) in [7, 11) is -3.49. The van der Waals surface area contributed by atoms with E-state index in [1.165, 1.54) is 4.31 Å². The fourth-order valence-corrected chi connectivity index (χ4v) is 3.27.